The van der Waals surface area contributed by atoms with Crippen LogP contribution in [0.25, 0.3) is 0 Å². The molecule has 1 rings (SSSR count). The van der Waals surface area contributed by atoms with Crippen LogP contribution in [0.1, 0.15) is 70.6 Å². The molecule has 0 heterocycles. The van der Waals surface area contributed by atoms with Crippen molar-refractivity contribution in [2.24, 2.45) is 0 Å². The molecule has 0 spiro atoms. The minimum atomic E-state index is -0.0578. The first-order valence-corrected chi connectivity index (χ1v) is 6.72. The van der Waals surface area contributed by atoms with Crippen molar-refractivity contribution in [3.05, 3.63) is 12.2 Å². The number of allylic oxidation sites excluding steroid dienone is 2. The van der Waals surface area contributed by atoms with Crippen LogP contribution in [0, 0.1) is 0 Å². The zero-order valence-corrected chi connectivity index (χ0v) is 9.96. The summed E-state index contributed by atoms with van der Waals surface area (Å²) in [5.41, 5.74) is 0. The van der Waals surface area contributed by atoms with E-state index in [4.69, 9.17) is 0 Å². The Hall–Kier alpha value is -0.300. The number of aliphatic hydroxyl groups is 1. The van der Waals surface area contributed by atoms with Gasteiger partial charge in [-0.15, -0.1) is 0 Å². The maximum absolute atomic E-state index is 9.69. The van der Waals surface area contributed by atoms with Gasteiger partial charge in [-0.3, -0.25) is 0 Å². The second-order valence-corrected chi connectivity index (χ2v) is 4.75. The van der Waals surface area contributed by atoms with Gasteiger partial charge in [-0.25, -0.2) is 0 Å². The first-order chi connectivity index (χ1) is 7.39. The van der Waals surface area contributed by atoms with Crippen LogP contribution in [-0.4, -0.2) is 11.2 Å². The fraction of sp³-hybridized carbons (Fsp3) is 0.857. The lowest BCUT2D eigenvalue weighted by Crippen LogP contribution is -2.05. The van der Waals surface area contributed by atoms with Gasteiger partial charge in [-0.05, 0) is 32.1 Å². The fourth-order valence-electron chi connectivity index (χ4n) is 2.19. The van der Waals surface area contributed by atoms with Crippen molar-refractivity contribution in [1.29, 1.82) is 0 Å². The van der Waals surface area contributed by atoms with Gasteiger partial charge in [0, 0.05) is 0 Å². The normalized spacial score (nSPS) is 29.3. The average molecular weight is 210 g/mol. The van der Waals surface area contributed by atoms with Crippen LogP contribution < -0.4 is 0 Å². The summed E-state index contributed by atoms with van der Waals surface area (Å²) in [6.45, 7) is 0. The van der Waals surface area contributed by atoms with E-state index in [1.165, 1.54) is 51.4 Å². The molecule has 1 nitrogen and oxygen atoms in total. The SMILES string of the molecule is OC1CC/C=C/CCCCCCCCC1. The summed E-state index contributed by atoms with van der Waals surface area (Å²) in [6, 6.07) is 0. The lowest BCUT2D eigenvalue weighted by molar-refractivity contribution is 0.152. The van der Waals surface area contributed by atoms with Gasteiger partial charge in [0.15, 0.2) is 0 Å². The zero-order chi connectivity index (χ0) is 10.8. The average Bonchev–Trinajstić information content (AvgIpc) is 2.24. The first-order valence-electron chi connectivity index (χ1n) is 6.72. The third-order valence-corrected chi connectivity index (χ3v) is 3.24. The Morgan fingerprint density at radius 3 is 2.07 bits per heavy atom. The molecule has 1 aliphatic rings. The molecule has 1 unspecified atom stereocenters. The van der Waals surface area contributed by atoms with E-state index in [-0.39, 0.29) is 6.10 Å². The van der Waals surface area contributed by atoms with E-state index in [9.17, 15) is 5.11 Å². The molecule has 0 aromatic heterocycles. The van der Waals surface area contributed by atoms with Gasteiger partial charge < -0.3 is 5.11 Å². The minimum absolute atomic E-state index is 0.0578. The molecule has 0 fully saturated rings. The summed E-state index contributed by atoms with van der Waals surface area (Å²) >= 11 is 0. The number of rotatable bonds is 0. The van der Waals surface area contributed by atoms with Crippen LogP contribution >= 0.6 is 0 Å². The first kappa shape index (κ1) is 12.8. The Bertz CT molecular complexity index is 163. The van der Waals surface area contributed by atoms with E-state index in [1.807, 2.05) is 0 Å². The number of hydrogen-bond donors (Lipinski definition) is 1. The second kappa shape index (κ2) is 8.96. The van der Waals surface area contributed by atoms with E-state index in [0.29, 0.717) is 0 Å². The summed E-state index contributed by atoms with van der Waals surface area (Å²) in [5, 5.41) is 9.69. The van der Waals surface area contributed by atoms with Crippen molar-refractivity contribution < 1.29 is 5.11 Å². The molecular formula is C14H26O. The monoisotopic (exact) mass is 210 g/mol. The summed E-state index contributed by atoms with van der Waals surface area (Å²) in [4.78, 5) is 0. The predicted molar refractivity (Wildman–Crippen MR) is 65.9 cm³/mol. The highest BCUT2D eigenvalue weighted by Gasteiger charge is 2.02. The summed E-state index contributed by atoms with van der Waals surface area (Å²) in [6.07, 6.45) is 18.1. The molecule has 0 amide bonds. The van der Waals surface area contributed by atoms with Gasteiger partial charge in [0.05, 0.1) is 6.10 Å². The van der Waals surface area contributed by atoms with Gasteiger partial charge >= 0.3 is 0 Å². The Morgan fingerprint density at radius 1 is 0.667 bits per heavy atom. The van der Waals surface area contributed by atoms with E-state index in [0.717, 1.165) is 19.3 Å². The van der Waals surface area contributed by atoms with Crippen LogP contribution in [0.15, 0.2) is 12.2 Å². The van der Waals surface area contributed by atoms with Crippen molar-refractivity contribution in [1.82, 2.24) is 0 Å². The van der Waals surface area contributed by atoms with Crippen molar-refractivity contribution in [3.63, 3.8) is 0 Å². The van der Waals surface area contributed by atoms with Crippen LogP contribution in [0.5, 0.6) is 0 Å². The third kappa shape index (κ3) is 7.61. The van der Waals surface area contributed by atoms with Crippen molar-refractivity contribution in [2.75, 3.05) is 0 Å². The van der Waals surface area contributed by atoms with Crippen LogP contribution in [-0.2, 0) is 0 Å². The highest BCUT2D eigenvalue weighted by Crippen LogP contribution is 2.14. The summed E-state index contributed by atoms with van der Waals surface area (Å²) < 4.78 is 0. The van der Waals surface area contributed by atoms with Gasteiger partial charge in [-0.2, -0.15) is 0 Å². The zero-order valence-electron chi connectivity index (χ0n) is 9.96. The third-order valence-electron chi connectivity index (χ3n) is 3.24. The maximum Gasteiger partial charge on any atom is 0.0543 e. The molecule has 0 saturated carbocycles. The van der Waals surface area contributed by atoms with Gasteiger partial charge in [0.25, 0.3) is 0 Å². The molecular weight excluding hydrogens is 184 g/mol. The predicted octanol–water partition coefficient (Wildman–Crippen LogP) is 4.21. The molecule has 1 atom stereocenters. The smallest absolute Gasteiger partial charge is 0.0543 e. The van der Waals surface area contributed by atoms with Crippen molar-refractivity contribution in [3.8, 4) is 0 Å². The molecule has 1 N–H and O–H groups in total. The number of hydrogen-bond acceptors (Lipinski definition) is 1. The second-order valence-electron chi connectivity index (χ2n) is 4.75. The summed E-state index contributed by atoms with van der Waals surface area (Å²) in [5.74, 6) is 0. The van der Waals surface area contributed by atoms with E-state index < -0.39 is 0 Å². The van der Waals surface area contributed by atoms with Crippen molar-refractivity contribution >= 4 is 0 Å². The topological polar surface area (TPSA) is 20.2 Å². The Balaban J connectivity index is 2.19. The minimum Gasteiger partial charge on any atom is -0.393 e. The molecule has 0 bridgehead atoms. The Labute approximate surface area is 94.6 Å². The highest BCUT2D eigenvalue weighted by molar-refractivity contribution is 4.82. The molecule has 0 aliphatic heterocycles. The fourth-order valence-corrected chi connectivity index (χ4v) is 2.19. The quantitative estimate of drug-likeness (QED) is 0.594. The van der Waals surface area contributed by atoms with Gasteiger partial charge in [-0.1, -0.05) is 50.7 Å². The largest absolute Gasteiger partial charge is 0.393 e. The van der Waals surface area contributed by atoms with Crippen LogP contribution in [0.2, 0.25) is 0 Å². The van der Waals surface area contributed by atoms with E-state index >= 15 is 0 Å². The summed E-state index contributed by atoms with van der Waals surface area (Å²) in [7, 11) is 0. The standard InChI is InChI=1S/C14H26O/c15-14-12-10-8-6-4-2-1-3-5-7-9-11-13-14/h6,8,14-15H,1-5,7,9-13H2/b8-6+. The van der Waals surface area contributed by atoms with Crippen LogP contribution in [0.4, 0.5) is 0 Å². The Morgan fingerprint density at radius 2 is 1.27 bits per heavy atom. The highest BCUT2D eigenvalue weighted by atomic mass is 16.3. The molecule has 1 heteroatoms. The molecule has 0 radical (unpaired) electrons. The van der Waals surface area contributed by atoms with E-state index in [2.05, 4.69) is 12.2 Å². The van der Waals surface area contributed by atoms with Crippen molar-refractivity contribution in [2.45, 2.75) is 76.7 Å². The van der Waals surface area contributed by atoms with E-state index in [1.54, 1.807) is 0 Å². The molecule has 15 heavy (non-hydrogen) atoms. The molecule has 0 saturated heterocycles. The molecule has 0 aromatic carbocycles. The van der Waals surface area contributed by atoms with Crippen LogP contribution in [0.3, 0.4) is 0 Å². The number of aliphatic hydroxyl groups excluding tert-OH is 1. The lowest BCUT2D eigenvalue weighted by Gasteiger charge is -2.09. The Kier molecular flexibility index (Phi) is 7.63. The lowest BCUT2D eigenvalue weighted by atomic mass is 10.0. The van der Waals surface area contributed by atoms with Gasteiger partial charge in [0.1, 0.15) is 0 Å². The van der Waals surface area contributed by atoms with Gasteiger partial charge in [0.2, 0.25) is 0 Å². The molecule has 0 aromatic rings. The maximum atomic E-state index is 9.69. The molecule has 1 aliphatic carbocycles. The molecule has 88 valence electrons.